The second-order valence-electron chi connectivity index (χ2n) is 4.72. The minimum absolute atomic E-state index is 0.0421. The van der Waals surface area contributed by atoms with Crippen molar-refractivity contribution in [1.82, 2.24) is 4.90 Å². The Morgan fingerprint density at radius 3 is 2.55 bits per heavy atom. The van der Waals surface area contributed by atoms with Crippen LogP contribution in [0, 0.1) is 0 Å². The Morgan fingerprint density at radius 2 is 2.00 bits per heavy atom. The van der Waals surface area contributed by atoms with Gasteiger partial charge >= 0.3 is 0 Å². The van der Waals surface area contributed by atoms with Crippen LogP contribution in [0.3, 0.4) is 0 Å². The number of benzene rings is 1. The van der Waals surface area contributed by atoms with Gasteiger partial charge in [0, 0.05) is 31.6 Å². The zero-order valence-electron chi connectivity index (χ0n) is 11.5. The SMILES string of the molecule is COc1ccc(NC(=O)CN2CCC(=NO)CC2)cc1. The van der Waals surface area contributed by atoms with Gasteiger partial charge in [0.1, 0.15) is 5.75 Å². The largest absolute Gasteiger partial charge is 0.497 e. The van der Waals surface area contributed by atoms with E-state index in [-0.39, 0.29) is 5.91 Å². The number of likely N-dealkylation sites (tertiary alicyclic amines) is 1. The lowest BCUT2D eigenvalue weighted by atomic mass is 10.1. The first-order valence-electron chi connectivity index (χ1n) is 6.57. The molecule has 0 radical (unpaired) electrons. The Hall–Kier alpha value is -2.08. The van der Waals surface area contributed by atoms with Crippen LogP contribution in [-0.2, 0) is 4.79 Å². The Balaban J connectivity index is 1.80. The predicted octanol–water partition coefficient (Wildman–Crippen LogP) is 1.56. The van der Waals surface area contributed by atoms with Crippen LogP contribution in [0.5, 0.6) is 5.75 Å². The summed E-state index contributed by atoms with van der Waals surface area (Å²) in [5.41, 5.74) is 1.56. The molecule has 0 unspecified atom stereocenters. The third-order valence-corrected chi connectivity index (χ3v) is 3.32. The Labute approximate surface area is 118 Å². The molecule has 6 nitrogen and oxygen atoms in total. The number of ether oxygens (including phenoxy) is 1. The van der Waals surface area contributed by atoms with E-state index in [4.69, 9.17) is 9.94 Å². The molecule has 0 saturated carbocycles. The second kappa shape index (κ2) is 6.91. The number of hydrogen-bond donors (Lipinski definition) is 2. The van der Waals surface area contributed by atoms with Crippen LogP contribution in [0.2, 0.25) is 0 Å². The second-order valence-corrected chi connectivity index (χ2v) is 4.72. The number of nitrogens with zero attached hydrogens (tertiary/aromatic N) is 2. The highest BCUT2D eigenvalue weighted by atomic mass is 16.5. The molecule has 0 atom stereocenters. The van der Waals surface area contributed by atoms with Gasteiger partial charge in [-0.25, -0.2) is 0 Å². The average Bonchev–Trinajstić information content (AvgIpc) is 2.49. The van der Waals surface area contributed by atoms with E-state index in [2.05, 4.69) is 10.5 Å². The molecule has 0 spiro atoms. The van der Waals surface area contributed by atoms with Crippen LogP contribution in [0.15, 0.2) is 29.4 Å². The summed E-state index contributed by atoms with van der Waals surface area (Å²) >= 11 is 0. The van der Waals surface area contributed by atoms with Gasteiger partial charge in [-0.15, -0.1) is 0 Å². The first-order chi connectivity index (χ1) is 9.71. The number of carbonyl (C=O) groups excluding carboxylic acids is 1. The number of piperidine rings is 1. The van der Waals surface area contributed by atoms with E-state index in [1.54, 1.807) is 19.2 Å². The molecule has 1 saturated heterocycles. The van der Waals surface area contributed by atoms with E-state index in [0.29, 0.717) is 19.4 Å². The highest BCUT2D eigenvalue weighted by molar-refractivity contribution is 5.92. The summed E-state index contributed by atoms with van der Waals surface area (Å²) in [6.45, 7) is 1.84. The summed E-state index contributed by atoms with van der Waals surface area (Å²) in [6, 6.07) is 7.23. The number of rotatable bonds is 4. The minimum atomic E-state index is -0.0421. The molecule has 1 amide bonds. The van der Waals surface area contributed by atoms with Crippen molar-refractivity contribution in [2.45, 2.75) is 12.8 Å². The van der Waals surface area contributed by atoms with E-state index < -0.39 is 0 Å². The van der Waals surface area contributed by atoms with Gasteiger partial charge in [-0.05, 0) is 24.3 Å². The first-order valence-corrected chi connectivity index (χ1v) is 6.57. The van der Waals surface area contributed by atoms with Crippen LogP contribution in [0.4, 0.5) is 5.69 Å². The van der Waals surface area contributed by atoms with Crippen molar-refractivity contribution in [1.29, 1.82) is 0 Å². The smallest absolute Gasteiger partial charge is 0.238 e. The van der Waals surface area contributed by atoms with Crippen LogP contribution in [-0.4, -0.2) is 48.5 Å². The van der Waals surface area contributed by atoms with Crippen molar-refractivity contribution in [3.63, 3.8) is 0 Å². The Bertz CT molecular complexity index is 475. The van der Waals surface area contributed by atoms with E-state index in [1.165, 1.54) is 0 Å². The van der Waals surface area contributed by atoms with Crippen molar-refractivity contribution in [3.05, 3.63) is 24.3 Å². The number of amides is 1. The average molecular weight is 277 g/mol. The molecule has 1 fully saturated rings. The highest BCUT2D eigenvalue weighted by Crippen LogP contribution is 2.15. The molecule has 1 aliphatic rings. The van der Waals surface area contributed by atoms with Crippen molar-refractivity contribution in [2.75, 3.05) is 32.1 Å². The van der Waals surface area contributed by atoms with Crippen LogP contribution >= 0.6 is 0 Å². The first kappa shape index (κ1) is 14.3. The normalized spacial score (nSPS) is 15.8. The monoisotopic (exact) mass is 277 g/mol. The maximum atomic E-state index is 11.9. The summed E-state index contributed by atoms with van der Waals surface area (Å²) in [6.07, 6.45) is 1.43. The van der Waals surface area contributed by atoms with Crippen molar-refractivity contribution < 1.29 is 14.7 Å². The molecule has 0 aliphatic carbocycles. The molecule has 2 rings (SSSR count). The topological polar surface area (TPSA) is 74.2 Å². The number of carbonyl (C=O) groups is 1. The lowest BCUT2D eigenvalue weighted by molar-refractivity contribution is -0.117. The molecule has 2 N–H and O–H groups in total. The molecular weight excluding hydrogens is 258 g/mol. The lowest BCUT2D eigenvalue weighted by Crippen LogP contribution is -2.39. The van der Waals surface area contributed by atoms with Gasteiger partial charge in [-0.2, -0.15) is 0 Å². The summed E-state index contributed by atoms with van der Waals surface area (Å²) in [7, 11) is 1.61. The van der Waals surface area contributed by atoms with Crippen molar-refractivity contribution >= 4 is 17.3 Å². The van der Waals surface area contributed by atoms with Gasteiger partial charge in [-0.1, -0.05) is 5.16 Å². The zero-order valence-corrected chi connectivity index (χ0v) is 11.5. The number of nitrogens with one attached hydrogen (secondary N) is 1. The summed E-state index contributed by atoms with van der Waals surface area (Å²) in [5.74, 6) is 0.717. The molecule has 0 bridgehead atoms. The molecule has 1 aliphatic heterocycles. The zero-order chi connectivity index (χ0) is 14.4. The molecule has 1 aromatic carbocycles. The lowest BCUT2D eigenvalue weighted by Gasteiger charge is -2.26. The van der Waals surface area contributed by atoms with Crippen molar-refractivity contribution in [3.8, 4) is 5.75 Å². The molecular formula is C14H19N3O3. The third kappa shape index (κ3) is 3.96. The number of oxime groups is 1. The Kier molecular flexibility index (Phi) is 4.95. The van der Waals surface area contributed by atoms with Gasteiger partial charge in [0.25, 0.3) is 0 Å². The predicted molar refractivity (Wildman–Crippen MR) is 76.5 cm³/mol. The fraction of sp³-hybridized carbons (Fsp3) is 0.429. The molecule has 20 heavy (non-hydrogen) atoms. The molecule has 6 heteroatoms. The highest BCUT2D eigenvalue weighted by Gasteiger charge is 2.17. The number of anilines is 1. The van der Waals surface area contributed by atoms with Crippen LogP contribution < -0.4 is 10.1 Å². The standard InChI is InChI=1S/C14H19N3O3/c1-20-13-4-2-11(3-5-13)15-14(18)10-17-8-6-12(16-19)7-9-17/h2-5,19H,6-10H2,1H3,(H,15,18). The quantitative estimate of drug-likeness (QED) is 0.647. The van der Waals surface area contributed by atoms with Gasteiger partial charge in [0.05, 0.1) is 19.4 Å². The molecule has 108 valence electrons. The van der Waals surface area contributed by atoms with Crippen LogP contribution in [0.1, 0.15) is 12.8 Å². The maximum absolute atomic E-state index is 11.9. The van der Waals surface area contributed by atoms with Gasteiger partial charge in [0.2, 0.25) is 5.91 Å². The minimum Gasteiger partial charge on any atom is -0.497 e. The fourth-order valence-corrected chi connectivity index (χ4v) is 2.15. The van der Waals surface area contributed by atoms with Gasteiger partial charge in [-0.3, -0.25) is 9.69 Å². The van der Waals surface area contributed by atoms with E-state index >= 15 is 0 Å². The molecule has 1 heterocycles. The fourth-order valence-electron chi connectivity index (χ4n) is 2.15. The van der Waals surface area contributed by atoms with E-state index in [1.807, 2.05) is 17.0 Å². The van der Waals surface area contributed by atoms with E-state index in [9.17, 15) is 4.79 Å². The number of methoxy groups -OCH3 is 1. The number of hydrogen-bond acceptors (Lipinski definition) is 5. The maximum Gasteiger partial charge on any atom is 0.238 e. The molecule has 1 aromatic rings. The van der Waals surface area contributed by atoms with Crippen molar-refractivity contribution in [2.24, 2.45) is 5.16 Å². The summed E-state index contributed by atoms with van der Waals surface area (Å²) < 4.78 is 5.06. The van der Waals surface area contributed by atoms with Crippen LogP contribution in [0.25, 0.3) is 0 Å². The molecule has 0 aromatic heterocycles. The van der Waals surface area contributed by atoms with Gasteiger partial charge in [0.15, 0.2) is 0 Å². The summed E-state index contributed by atoms with van der Waals surface area (Å²) in [5, 5.41) is 14.7. The summed E-state index contributed by atoms with van der Waals surface area (Å²) in [4.78, 5) is 14.0. The Morgan fingerprint density at radius 1 is 1.35 bits per heavy atom. The third-order valence-electron chi connectivity index (χ3n) is 3.32. The van der Waals surface area contributed by atoms with E-state index in [0.717, 1.165) is 30.2 Å². The van der Waals surface area contributed by atoms with Gasteiger partial charge < -0.3 is 15.3 Å².